The standard InChI is InChI=1S/C7H7Br2NO.BrH/c1-3-5(8)6(9)7(11)4(2)10-3;/h11H,1-2H3;1H. The molecule has 0 radical (unpaired) electrons. The zero-order valence-corrected chi connectivity index (χ0v) is 11.4. The quantitative estimate of drug-likeness (QED) is 0.767. The summed E-state index contributed by atoms with van der Waals surface area (Å²) in [5.74, 6) is 0.197. The number of aromatic nitrogens is 1. The second-order valence-corrected chi connectivity index (χ2v) is 3.85. The number of hydrogen-bond acceptors (Lipinski definition) is 2. The molecule has 2 nitrogen and oxygen atoms in total. The summed E-state index contributed by atoms with van der Waals surface area (Å²) in [6.45, 7) is 3.64. The Labute approximate surface area is 98.4 Å². The van der Waals surface area contributed by atoms with Crippen LogP contribution in [0.4, 0.5) is 0 Å². The summed E-state index contributed by atoms with van der Waals surface area (Å²) >= 11 is 6.54. The van der Waals surface area contributed by atoms with Crippen LogP contribution in [-0.2, 0) is 0 Å². The fourth-order valence-electron chi connectivity index (χ4n) is 0.775. The molecule has 0 saturated heterocycles. The molecular weight excluding hydrogens is 354 g/mol. The van der Waals surface area contributed by atoms with Crippen molar-refractivity contribution in [3.8, 4) is 5.75 Å². The van der Waals surface area contributed by atoms with Gasteiger partial charge in [0.1, 0.15) is 0 Å². The molecule has 68 valence electrons. The summed E-state index contributed by atoms with van der Waals surface area (Å²) < 4.78 is 1.48. The molecule has 0 unspecified atom stereocenters. The maximum Gasteiger partial charge on any atom is 0.152 e. The molecule has 1 aromatic rings. The molecule has 1 aromatic heterocycles. The summed E-state index contributed by atoms with van der Waals surface area (Å²) in [5, 5.41) is 9.37. The molecule has 0 atom stereocenters. The largest absolute Gasteiger partial charge is 0.505 e. The molecule has 0 saturated carbocycles. The van der Waals surface area contributed by atoms with Crippen LogP contribution in [0.15, 0.2) is 8.95 Å². The minimum atomic E-state index is 0. The number of halogens is 3. The normalized spacial score (nSPS) is 9.33. The number of aromatic hydroxyl groups is 1. The first-order chi connectivity index (χ1) is 5.04. The molecule has 12 heavy (non-hydrogen) atoms. The third-order valence-corrected chi connectivity index (χ3v) is 3.67. The highest BCUT2D eigenvalue weighted by molar-refractivity contribution is 9.13. The maximum atomic E-state index is 9.37. The van der Waals surface area contributed by atoms with Gasteiger partial charge >= 0.3 is 0 Å². The third kappa shape index (κ3) is 2.20. The molecule has 1 heterocycles. The maximum absolute atomic E-state index is 9.37. The summed E-state index contributed by atoms with van der Waals surface area (Å²) in [4.78, 5) is 4.11. The van der Waals surface area contributed by atoms with Crippen molar-refractivity contribution in [1.82, 2.24) is 4.98 Å². The molecule has 0 bridgehead atoms. The van der Waals surface area contributed by atoms with Gasteiger partial charge in [-0.05, 0) is 45.7 Å². The van der Waals surface area contributed by atoms with Gasteiger partial charge in [0.15, 0.2) is 5.75 Å². The first-order valence-corrected chi connectivity index (χ1v) is 4.63. The van der Waals surface area contributed by atoms with Gasteiger partial charge < -0.3 is 5.11 Å². The lowest BCUT2D eigenvalue weighted by Gasteiger charge is -2.05. The van der Waals surface area contributed by atoms with Crippen molar-refractivity contribution in [2.75, 3.05) is 0 Å². The van der Waals surface area contributed by atoms with Crippen molar-refractivity contribution in [1.29, 1.82) is 0 Å². The van der Waals surface area contributed by atoms with Crippen LogP contribution in [0.1, 0.15) is 11.4 Å². The molecule has 0 fully saturated rings. The van der Waals surface area contributed by atoms with Crippen molar-refractivity contribution in [2.45, 2.75) is 13.8 Å². The van der Waals surface area contributed by atoms with Gasteiger partial charge in [0.2, 0.25) is 0 Å². The summed E-state index contributed by atoms with van der Waals surface area (Å²) in [7, 11) is 0. The summed E-state index contributed by atoms with van der Waals surface area (Å²) in [5.41, 5.74) is 1.50. The topological polar surface area (TPSA) is 33.1 Å². The fourth-order valence-corrected chi connectivity index (χ4v) is 1.63. The average molecular weight is 362 g/mol. The SMILES string of the molecule is Br.Cc1nc(C)c(Br)c(Br)c1O. The van der Waals surface area contributed by atoms with Gasteiger partial charge in [-0.1, -0.05) is 0 Å². The van der Waals surface area contributed by atoms with E-state index in [1.807, 2.05) is 6.92 Å². The molecule has 0 aromatic carbocycles. The van der Waals surface area contributed by atoms with E-state index in [9.17, 15) is 5.11 Å². The van der Waals surface area contributed by atoms with E-state index in [-0.39, 0.29) is 22.7 Å². The van der Waals surface area contributed by atoms with E-state index in [0.717, 1.165) is 10.2 Å². The third-order valence-electron chi connectivity index (χ3n) is 1.40. The number of rotatable bonds is 0. The van der Waals surface area contributed by atoms with E-state index >= 15 is 0 Å². The van der Waals surface area contributed by atoms with Crippen LogP contribution in [0.5, 0.6) is 5.75 Å². The van der Waals surface area contributed by atoms with Crippen LogP contribution >= 0.6 is 48.8 Å². The Morgan fingerprint density at radius 3 is 2.08 bits per heavy atom. The minimum absolute atomic E-state index is 0. The second-order valence-electron chi connectivity index (χ2n) is 2.26. The Hall–Kier alpha value is 0.390. The lowest BCUT2D eigenvalue weighted by Crippen LogP contribution is -1.89. The van der Waals surface area contributed by atoms with Crippen LogP contribution in [0.25, 0.3) is 0 Å². The molecule has 0 aliphatic carbocycles. The van der Waals surface area contributed by atoms with Crippen molar-refractivity contribution < 1.29 is 5.11 Å². The number of pyridine rings is 1. The van der Waals surface area contributed by atoms with Crippen molar-refractivity contribution in [3.05, 3.63) is 20.3 Å². The van der Waals surface area contributed by atoms with E-state index in [1.165, 1.54) is 0 Å². The van der Waals surface area contributed by atoms with Gasteiger partial charge in [-0.3, -0.25) is 4.98 Å². The second kappa shape index (κ2) is 4.58. The Bertz CT molecular complexity index is 275. The molecule has 0 aliphatic rings. The average Bonchev–Trinajstić information content (AvgIpc) is 1.97. The monoisotopic (exact) mass is 359 g/mol. The smallest absolute Gasteiger partial charge is 0.152 e. The lowest BCUT2D eigenvalue weighted by atomic mass is 10.3. The number of nitrogens with zero attached hydrogens (tertiary/aromatic N) is 1. The van der Waals surface area contributed by atoms with Crippen LogP contribution in [0.3, 0.4) is 0 Å². The Morgan fingerprint density at radius 2 is 1.58 bits per heavy atom. The Morgan fingerprint density at radius 1 is 1.08 bits per heavy atom. The summed E-state index contributed by atoms with van der Waals surface area (Å²) in [6.07, 6.45) is 0. The zero-order chi connectivity index (χ0) is 8.59. The highest BCUT2D eigenvalue weighted by Gasteiger charge is 2.09. The van der Waals surface area contributed by atoms with Crippen molar-refractivity contribution in [3.63, 3.8) is 0 Å². The van der Waals surface area contributed by atoms with Gasteiger partial charge in [0.25, 0.3) is 0 Å². The number of hydrogen-bond donors (Lipinski definition) is 1. The van der Waals surface area contributed by atoms with E-state index in [4.69, 9.17) is 0 Å². The van der Waals surface area contributed by atoms with Gasteiger partial charge in [-0.15, -0.1) is 17.0 Å². The molecule has 0 aliphatic heterocycles. The molecule has 1 N–H and O–H groups in total. The van der Waals surface area contributed by atoms with Gasteiger partial charge in [-0.25, -0.2) is 0 Å². The predicted molar refractivity (Wildman–Crippen MR) is 61.1 cm³/mol. The van der Waals surface area contributed by atoms with Gasteiger partial charge in [-0.2, -0.15) is 0 Å². The number of aryl methyl sites for hydroxylation is 2. The van der Waals surface area contributed by atoms with E-state index in [2.05, 4.69) is 36.8 Å². The molecular formula is C7H8Br3NO. The molecule has 0 spiro atoms. The van der Waals surface area contributed by atoms with E-state index < -0.39 is 0 Å². The zero-order valence-electron chi connectivity index (χ0n) is 6.56. The Balaban J connectivity index is 0.00000121. The highest BCUT2D eigenvalue weighted by atomic mass is 79.9. The van der Waals surface area contributed by atoms with E-state index in [0.29, 0.717) is 10.2 Å². The predicted octanol–water partition coefficient (Wildman–Crippen LogP) is 3.51. The van der Waals surface area contributed by atoms with E-state index in [1.54, 1.807) is 6.92 Å². The Kier molecular flexibility index (Phi) is 4.73. The van der Waals surface area contributed by atoms with Gasteiger partial charge in [0.05, 0.1) is 20.3 Å². The highest BCUT2D eigenvalue weighted by Crippen LogP contribution is 2.34. The van der Waals surface area contributed by atoms with Crippen LogP contribution < -0.4 is 0 Å². The van der Waals surface area contributed by atoms with Gasteiger partial charge in [0, 0.05) is 0 Å². The first-order valence-electron chi connectivity index (χ1n) is 3.05. The van der Waals surface area contributed by atoms with Crippen molar-refractivity contribution >= 4 is 48.8 Å². The van der Waals surface area contributed by atoms with Crippen molar-refractivity contribution in [2.24, 2.45) is 0 Å². The molecule has 1 rings (SSSR count). The van der Waals surface area contributed by atoms with Crippen LogP contribution in [0.2, 0.25) is 0 Å². The van der Waals surface area contributed by atoms with Crippen LogP contribution in [0, 0.1) is 13.8 Å². The fraction of sp³-hybridized carbons (Fsp3) is 0.286. The molecule has 0 amide bonds. The first kappa shape index (κ1) is 12.4. The molecule has 5 heteroatoms. The lowest BCUT2D eigenvalue weighted by molar-refractivity contribution is 0.463. The van der Waals surface area contributed by atoms with Crippen LogP contribution in [-0.4, -0.2) is 10.1 Å². The minimum Gasteiger partial charge on any atom is -0.505 e. The summed E-state index contributed by atoms with van der Waals surface area (Å²) in [6, 6.07) is 0.